The molecule has 0 radical (unpaired) electrons. The van der Waals surface area contributed by atoms with Gasteiger partial charge in [-0.05, 0) is 62.9 Å². The fourth-order valence-electron chi connectivity index (χ4n) is 4.27. The van der Waals surface area contributed by atoms with Crippen LogP contribution >= 0.6 is 0 Å². The van der Waals surface area contributed by atoms with E-state index in [1.54, 1.807) is 6.92 Å². The van der Waals surface area contributed by atoms with Crippen molar-refractivity contribution in [3.05, 3.63) is 11.6 Å². The van der Waals surface area contributed by atoms with Crippen LogP contribution in [0.2, 0.25) is 0 Å². The van der Waals surface area contributed by atoms with Crippen molar-refractivity contribution in [1.82, 2.24) is 0 Å². The first kappa shape index (κ1) is 20.0. The molecule has 4 atom stereocenters. The maximum atomic E-state index is 11.5. The van der Waals surface area contributed by atoms with Crippen LogP contribution in [0, 0.1) is 23.2 Å². The van der Waals surface area contributed by atoms with Crippen LogP contribution in [-0.2, 0) is 14.4 Å². The maximum Gasteiger partial charge on any atom is 0.325 e. The molecule has 0 amide bonds. The summed E-state index contributed by atoms with van der Waals surface area (Å²) >= 11 is 0. The Morgan fingerprint density at radius 3 is 2.92 bits per heavy atom. The summed E-state index contributed by atoms with van der Waals surface area (Å²) in [7, 11) is 0. The zero-order chi connectivity index (χ0) is 18.3. The fourth-order valence-corrected chi connectivity index (χ4v) is 4.27. The topological polar surface area (TPSA) is 81.8 Å². The highest BCUT2D eigenvalue weighted by Crippen LogP contribution is 2.47. The standard InChI is InChI=1S/C20H31NO4/c1-3-6-16(11-19(23)25-21)18(4-2)24-14-15-7-5-9-20(12-15)10-8-17(22)13-20/h12,16-18,22H,4-5,7-11,13-14,21H2,1-2H3/t16-,17-,18?,20-/m1/s1. The summed E-state index contributed by atoms with van der Waals surface area (Å²) in [4.78, 5) is 15.8. The quantitative estimate of drug-likeness (QED) is 0.420. The van der Waals surface area contributed by atoms with E-state index in [2.05, 4.69) is 22.8 Å². The first-order chi connectivity index (χ1) is 12.0. The average molecular weight is 349 g/mol. The van der Waals surface area contributed by atoms with Crippen molar-refractivity contribution < 1.29 is 19.5 Å². The Bertz CT molecular complexity index is 548. The number of hydrogen-bond acceptors (Lipinski definition) is 5. The molecule has 1 saturated carbocycles. The molecule has 0 aromatic heterocycles. The molecule has 1 fully saturated rings. The molecule has 5 nitrogen and oxygen atoms in total. The van der Waals surface area contributed by atoms with Gasteiger partial charge in [-0.15, -0.1) is 5.92 Å². The smallest absolute Gasteiger partial charge is 0.325 e. The van der Waals surface area contributed by atoms with E-state index in [9.17, 15) is 9.90 Å². The molecule has 1 spiro atoms. The number of ether oxygens (including phenoxy) is 1. The van der Waals surface area contributed by atoms with Crippen LogP contribution in [0.3, 0.4) is 0 Å². The SMILES string of the molecule is CC#C[C@H](CC(=O)ON)C(CC)OCC1=C[C@@]2(CCC1)CC[C@@H](O)C2. The van der Waals surface area contributed by atoms with Crippen molar-refractivity contribution >= 4 is 5.97 Å². The van der Waals surface area contributed by atoms with Gasteiger partial charge in [-0.2, -0.15) is 5.90 Å². The number of carbonyl (C=O) groups is 1. The zero-order valence-corrected chi connectivity index (χ0v) is 15.4. The van der Waals surface area contributed by atoms with E-state index in [-0.39, 0.29) is 30.0 Å². The Hall–Kier alpha value is -1.35. The summed E-state index contributed by atoms with van der Waals surface area (Å²) in [5.74, 6) is 10.2. The third kappa shape index (κ3) is 5.57. The second-order valence-electron chi connectivity index (χ2n) is 7.37. The highest BCUT2D eigenvalue weighted by atomic mass is 16.7. The van der Waals surface area contributed by atoms with Crippen LogP contribution in [0.1, 0.15) is 65.2 Å². The van der Waals surface area contributed by atoms with Crippen LogP contribution in [0.4, 0.5) is 0 Å². The molecule has 1 unspecified atom stereocenters. The molecule has 0 aromatic rings. The van der Waals surface area contributed by atoms with Gasteiger partial charge in [0.05, 0.1) is 31.2 Å². The Morgan fingerprint density at radius 2 is 2.32 bits per heavy atom. The second-order valence-corrected chi connectivity index (χ2v) is 7.37. The van der Waals surface area contributed by atoms with E-state index in [0.717, 1.165) is 44.9 Å². The summed E-state index contributed by atoms with van der Waals surface area (Å²) in [6, 6.07) is 0. The fraction of sp³-hybridized carbons (Fsp3) is 0.750. The molecule has 0 aromatic carbocycles. The first-order valence-corrected chi connectivity index (χ1v) is 9.34. The van der Waals surface area contributed by atoms with Gasteiger partial charge in [0.2, 0.25) is 0 Å². The van der Waals surface area contributed by atoms with E-state index in [1.807, 2.05) is 6.92 Å². The van der Waals surface area contributed by atoms with Crippen LogP contribution in [0.5, 0.6) is 0 Å². The summed E-state index contributed by atoms with van der Waals surface area (Å²) in [5.41, 5.74) is 1.48. The molecule has 2 rings (SSSR count). The number of aliphatic hydroxyl groups is 1. The van der Waals surface area contributed by atoms with Crippen LogP contribution < -0.4 is 5.90 Å². The number of rotatable bonds is 7. The van der Waals surface area contributed by atoms with Gasteiger partial charge in [-0.1, -0.05) is 18.9 Å². The Morgan fingerprint density at radius 1 is 1.52 bits per heavy atom. The summed E-state index contributed by atoms with van der Waals surface area (Å²) in [5, 5.41) is 9.90. The zero-order valence-electron chi connectivity index (χ0n) is 15.4. The van der Waals surface area contributed by atoms with Crippen molar-refractivity contribution in [1.29, 1.82) is 0 Å². The van der Waals surface area contributed by atoms with Gasteiger partial charge in [-0.3, -0.25) is 4.79 Å². The molecule has 0 heterocycles. The summed E-state index contributed by atoms with van der Waals surface area (Å²) < 4.78 is 6.14. The van der Waals surface area contributed by atoms with E-state index in [0.29, 0.717) is 6.61 Å². The van der Waals surface area contributed by atoms with Crippen molar-refractivity contribution in [2.45, 2.75) is 77.4 Å². The van der Waals surface area contributed by atoms with Crippen LogP contribution in [-0.4, -0.2) is 29.9 Å². The number of aliphatic hydroxyl groups excluding tert-OH is 1. The van der Waals surface area contributed by atoms with Crippen molar-refractivity contribution in [3.8, 4) is 11.8 Å². The monoisotopic (exact) mass is 349 g/mol. The van der Waals surface area contributed by atoms with Gasteiger partial charge >= 0.3 is 5.97 Å². The number of allylic oxidation sites excluding steroid dienone is 1. The van der Waals surface area contributed by atoms with Gasteiger partial charge in [0.25, 0.3) is 0 Å². The minimum atomic E-state index is -0.467. The number of carbonyl (C=O) groups excluding carboxylic acids is 1. The highest BCUT2D eigenvalue weighted by molar-refractivity contribution is 5.69. The van der Waals surface area contributed by atoms with E-state index < -0.39 is 5.97 Å². The molecular weight excluding hydrogens is 318 g/mol. The predicted octanol–water partition coefficient (Wildman–Crippen LogP) is 2.87. The minimum Gasteiger partial charge on any atom is -0.393 e. The number of hydrogen-bond donors (Lipinski definition) is 2. The Kier molecular flexibility index (Phi) is 7.49. The normalized spacial score (nSPS) is 28.0. The molecule has 3 N–H and O–H groups in total. The maximum absolute atomic E-state index is 11.5. The van der Waals surface area contributed by atoms with Crippen molar-refractivity contribution in [3.63, 3.8) is 0 Å². The highest BCUT2D eigenvalue weighted by Gasteiger charge is 2.38. The van der Waals surface area contributed by atoms with Gasteiger partial charge in [-0.25, -0.2) is 0 Å². The van der Waals surface area contributed by atoms with Crippen molar-refractivity contribution in [2.24, 2.45) is 17.2 Å². The molecule has 0 saturated heterocycles. The third-order valence-electron chi connectivity index (χ3n) is 5.48. The molecular formula is C20H31NO4. The van der Waals surface area contributed by atoms with E-state index in [4.69, 9.17) is 10.6 Å². The second kappa shape index (κ2) is 9.38. The molecule has 0 bridgehead atoms. The summed E-state index contributed by atoms with van der Waals surface area (Å²) in [6.07, 6.45) is 9.19. The predicted molar refractivity (Wildman–Crippen MR) is 96.1 cm³/mol. The molecule has 25 heavy (non-hydrogen) atoms. The van der Waals surface area contributed by atoms with Gasteiger partial charge in [0.1, 0.15) is 0 Å². The van der Waals surface area contributed by atoms with Gasteiger partial charge in [0, 0.05) is 0 Å². The first-order valence-electron chi connectivity index (χ1n) is 9.34. The molecule has 0 aliphatic heterocycles. The van der Waals surface area contributed by atoms with E-state index in [1.165, 1.54) is 5.57 Å². The molecule has 5 heteroatoms. The molecule has 2 aliphatic rings. The van der Waals surface area contributed by atoms with Crippen LogP contribution in [0.15, 0.2) is 11.6 Å². The lowest BCUT2D eigenvalue weighted by Gasteiger charge is -2.32. The van der Waals surface area contributed by atoms with Gasteiger partial charge in [0.15, 0.2) is 0 Å². The summed E-state index contributed by atoms with van der Waals surface area (Å²) in [6.45, 7) is 4.36. The Balaban J connectivity index is 1.98. The average Bonchev–Trinajstić information content (AvgIpc) is 2.95. The van der Waals surface area contributed by atoms with Crippen molar-refractivity contribution in [2.75, 3.05) is 6.61 Å². The largest absolute Gasteiger partial charge is 0.393 e. The lowest BCUT2D eigenvalue weighted by Crippen LogP contribution is -2.28. The molecule has 140 valence electrons. The Labute approximate surface area is 150 Å². The number of nitrogens with two attached hydrogens (primary N) is 1. The molecule has 2 aliphatic carbocycles. The lowest BCUT2D eigenvalue weighted by atomic mass is 9.75. The third-order valence-corrected chi connectivity index (χ3v) is 5.48. The van der Waals surface area contributed by atoms with Gasteiger partial charge < -0.3 is 14.7 Å². The lowest BCUT2D eigenvalue weighted by molar-refractivity contribution is -0.146. The van der Waals surface area contributed by atoms with E-state index >= 15 is 0 Å². The minimum absolute atomic E-state index is 0.125. The van der Waals surface area contributed by atoms with Crippen LogP contribution in [0.25, 0.3) is 0 Å².